The Balaban J connectivity index is 2.12. The van der Waals surface area contributed by atoms with E-state index in [1.807, 2.05) is 44.2 Å². The summed E-state index contributed by atoms with van der Waals surface area (Å²) in [5, 5.41) is 13.7. The Labute approximate surface area is 163 Å². The predicted molar refractivity (Wildman–Crippen MR) is 105 cm³/mol. The first-order valence-electron chi connectivity index (χ1n) is 9.04. The summed E-state index contributed by atoms with van der Waals surface area (Å²) in [4.78, 5) is 35.6. The second-order valence-corrected chi connectivity index (χ2v) is 7.01. The van der Waals surface area contributed by atoms with Crippen LogP contribution in [0.4, 0.5) is 5.69 Å². The summed E-state index contributed by atoms with van der Waals surface area (Å²) in [6.45, 7) is 5.66. The first-order valence-corrected chi connectivity index (χ1v) is 9.04. The van der Waals surface area contributed by atoms with E-state index in [9.17, 15) is 19.7 Å². The number of ether oxygens (including phenoxy) is 1. The van der Waals surface area contributed by atoms with Gasteiger partial charge in [0.15, 0.2) is 0 Å². The number of amides is 1. The normalized spacial score (nSPS) is 11.7. The Morgan fingerprint density at radius 3 is 2.43 bits per heavy atom. The van der Waals surface area contributed by atoms with Gasteiger partial charge in [-0.25, -0.2) is 4.79 Å². The van der Waals surface area contributed by atoms with Crippen LogP contribution in [-0.2, 0) is 16.1 Å². The summed E-state index contributed by atoms with van der Waals surface area (Å²) in [6.07, 6.45) is 0.396. The van der Waals surface area contributed by atoms with Crippen LogP contribution >= 0.6 is 0 Å². The fourth-order valence-electron chi connectivity index (χ4n) is 2.72. The zero-order valence-electron chi connectivity index (χ0n) is 16.2. The van der Waals surface area contributed by atoms with Crippen LogP contribution in [0.1, 0.15) is 41.8 Å². The third kappa shape index (κ3) is 5.90. The summed E-state index contributed by atoms with van der Waals surface area (Å²) in [7, 11) is 0. The highest BCUT2D eigenvalue weighted by atomic mass is 16.6. The molecule has 7 nitrogen and oxygen atoms in total. The minimum absolute atomic E-state index is 0.111. The van der Waals surface area contributed by atoms with Crippen LogP contribution in [0.15, 0.2) is 48.5 Å². The number of nitro groups is 1. The van der Waals surface area contributed by atoms with Crippen molar-refractivity contribution in [2.24, 2.45) is 5.92 Å². The van der Waals surface area contributed by atoms with Crippen molar-refractivity contribution in [1.29, 1.82) is 0 Å². The molecule has 0 aliphatic rings. The number of carbonyl (C=O) groups excluding carboxylic acids is 2. The number of hydrogen-bond acceptors (Lipinski definition) is 5. The second kappa shape index (κ2) is 9.64. The van der Waals surface area contributed by atoms with Crippen LogP contribution in [0, 0.1) is 23.0 Å². The van der Waals surface area contributed by atoms with Gasteiger partial charge in [-0.15, -0.1) is 0 Å². The maximum Gasteiger partial charge on any atom is 0.328 e. The number of benzene rings is 2. The molecule has 7 heteroatoms. The van der Waals surface area contributed by atoms with Crippen molar-refractivity contribution in [1.82, 2.24) is 5.32 Å². The van der Waals surface area contributed by atoms with E-state index in [4.69, 9.17) is 4.74 Å². The molecule has 2 rings (SSSR count). The zero-order valence-corrected chi connectivity index (χ0v) is 16.2. The Kier molecular flexibility index (Phi) is 7.26. The second-order valence-electron chi connectivity index (χ2n) is 7.01. The SMILES string of the molecule is Cc1ccc([N+](=O)[O-])cc1C(=O)N[C@@H](CC(C)C)C(=O)OCc1ccccc1. The molecule has 1 atom stereocenters. The number of rotatable bonds is 8. The molecule has 0 heterocycles. The molecule has 0 bridgehead atoms. The van der Waals surface area contributed by atoms with Gasteiger partial charge in [-0.1, -0.05) is 50.2 Å². The average molecular weight is 384 g/mol. The number of nitro benzene ring substituents is 1. The lowest BCUT2D eigenvalue weighted by Gasteiger charge is -2.20. The Morgan fingerprint density at radius 2 is 1.82 bits per heavy atom. The number of nitrogens with zero attached hydrogens (tertiary/aromatic N) is 1. The molecule has 2 aromatic carbocycles. The summed E-state index contributed by atoms with van der Waals surface area (Å²) in [6, 6.07) is 12.5. The molecule has 0 spiro atoms. The lowest BCUT2D eigenvalue weighted by Crippen LogP contribution is -2.42. The fourth-order valence-corrected chi connectivity index (χ4v) is 2.72. The lowest BCUT2D eigenvalue weighted by atomic mass is 10.0. The standard InChI is InChI=1S/C21H24N2O5/c1-14(2)11-19(21(25)28-13-16-7-5-4-6-8-16)22-20(24)18-12-17(23(26)27)10-9-15(18)3/h4-10,12,14,19H,11,13H2,1-3H3,(H,22,24)/t19-/m0/s1. The molecule has 0 aliphatic heterocycles. The molecule has 0 fully saturated rings. The molecule has 0 radical (unpaired) electrons. The van der Waals surface area contributed by atoms with Crippen LogP contribution in [0.2, 0.25) is 0 Å². The molecule has 148 valence electrons. The number of hydrogen-bond donors (Lipinski definition) is 1. The molecular formula is C21H24N2O5. The highest BCUT2D eigenvalue weighted by Gasteiger charge is 2.25. The van der Waals surface area contributed by atoms with Gasteiger partial charge in [0.2, 0.25) is 0 Å². The Morgan fingerprint density at radius 1 is 1.14 bits per heavy atom. The van der Waals surface area contributed by atoms with Gasteiger partial charge in [-0.2, -0.15) is 0 Å². The molecule has 0 saturated carbocycles. The molecule has 28 heavy (non-hydrogen) atoms. The van der Waals surface area contributed by atoms with Crippen LogP contribution in [-0.4, -0.2) is 22.8 Å². The van der Waals surface area contributed by atoms with E-state index >= 15 is 0 Å². The van der Waals surface area contributed by atoms with Gasteiger partial charge < -0.3 is 10.1 Å². The smallest absolute Gasteiger partial charge is 0.328 e. The molecule has 1 N–H and O–H groups in total. The van der Waals surface area contributed by atoms with E-state index in [2.05, 4.69) is 5.32 Å². The number of non-ortho nitro benzene ring substituents is 1. The minimum Gasteiger partial charge on any atom is -0.459 e. The van der Waals surface area contributed by atoms with Crippen molar-refractivity contribution in [2.45, 2.75) is 39.8 Å². The highest BCUT2D eigenvalue weighted by molar-refractivity contribution is 5.98. The maximum atomic E-state index is 12.7. The first kappa shape index (κ1) is 21.1. The van der Waals surface area contributed by atoms with Crippen molar-refractivity contribution >= 4 is 17.6 Å². The Hall–Kier alpha value is -3.22. The van der Waals surface area contributed by atoms with Crippen molar-refractivity contribution < 1.29 is 19.2 Å². The van der Waals surface area contributed by atoms with Crippen molar-refractivity contribution in [2.75, 3.05) is 0 Å². The number of aryl methyl sites for hydroxylation is 1. The largest absolute Gasteiger partial charge is 0.459 e. The van der Waals surface area contributed by atoms with Crippen LogP contribution < -0.4 is 5.32 Å². The van der Waals surface area contributed by atoms with Gasteiger partial charge in [0, 0.05) is 17.7 Å². The number of esters is 1. The van der Waals surface area contributed by atoms with Crippen molar-refractivity contribution in [3.05, 3.63) is 75.3 Å². The monoisotopic (exact) mass is 384 g/mol. The topological polar surface area (TPSA) is 98.5 Å². The third-order valence-corrected chi connectivity index (χ3v) is 4.20. The van der Waals surface area contributed by atoms with Crippen LogP contribution in [0.25, 0.3) is 0 Å². The Bertz CT molecular complexity index is 849. The van der Waals surface area contributed by atoms with Gasteiger partial charge in [0.1, 0.15) is 12.6 Å². The number of carbonyl (C=O) groups is 2. The minimum atomic E-state index is -0.838. The quantitative estimate of drug-likeness (QED) is 0.424. The van der Waals surface area contributed by atoms with E-state index in [1.165, 1.54) is 18.2 Å². The van der Waals surface area contributed by atoms with Gasteiger partial charge in [-0.05, 0) is 30.4 Å². The molecular weight excluding hydrogens is 360 g/mol. The molecule has 0 aromatic heterocycles. The molecule has 2 aromatic rings. The summed E-state index contributed by atoms with van der Waals surface area (Å²) in [5.41, 5.74) is 1.42. The van der Waals surface area contributed by atoms with E-state index in [0.717, 1.165) is 5.56 Å². The molecule has 1 amide bonds. The van der Waals surface area contributed by atoms with Gasteiger partial charge in [0.25, 0.3) is 11.6 Å². The van der Waals surface area contributed by atoms with E-state index in [-0.39, 0.29) is 23.8 Å². The molecule has 0 saturated heterocycles. The zero-order chi connectivity index (χ0) is 20.7. The summed E-state index contributed by atoms with van der Waals surface area (Å²) < 4.78 is 5.36. The van der Waals surface area contributed by atoms with Crippen LogP contribution in [0.5, 0.6) is 0 Å². The first-order chi connectivity index (χ1) is 13.3. The van der Waals surface area contributed by atoms with Crippen molar-refractivity contribution in [3.63, 3.8) is 0 Å². The van der Waals surface area contributed by atoms with Gasteiger partial charge in [0.05, 0.1) is 4.92 Å². The van der Waals surface area contributed by atoms with Gasteiger partial charge >= 0.3 is 5.97 Å². The third-order valence-electron chi connectivity index (χ3n) is 4.20. The average Bonchev–Trinajstić information content (AvgIpc) is 2.66. The molecule has 0 unspecified atom stereocenters. The van der Waals surface area contributed by atoms with Crippen LogP contribution in [0.3, 0.4) is 0 Å². The van der Waals surface area contributed by atoms with E-state index in [0.29, 0.717) is 12.0 Å². The highest BCUT2D eigenvalue weighted by Crippen LogP contribution is 2.18. The van der Waals surface area contributed by atoms with E-state index in [1.54, 1.807) is 6.92 Å². The maximum absolute atomic E-state index is 12.7. The number of nitrogens with one attached hydrogen (secondary N) is 1. The van der Waals surface area contributed by atoms with Crippen molar-refractivity contribution in [3.8, 4) is 0 Å². The summed E-state index contributed by atoms with van der Waals surface area (Å²) in [5.74, 6) is -0.932. The predicted octanol–water partition coefficient (Wildman–Crippen LogP) is 3.79. The van der Waals surface area contributed by atoms with E-state index < -0.39 is 22.8 Å². The lowest BCUT2D eigenvalue weighted by molar-refractivity contribution is -0.384. The van der Waals surface area contributed by atoms with Gasteiger partial charge in [-0.3, -0.25) is 14.9 Å². The summed E-state index contributed by atoms with van der Waals surface area (Å²) >= 11 is 0. The fraction of sp³-hybridized carbons (Fsp3) is 0.333. The molecule has 0 aliphatic carbocycles.